The number of fused-ring (bicyclic) bond motifs is 8. The molecule has 7 N–H and O–H groups in total. The quantitative estimate of drug-likeness (QED) is 0.124. The average Bonchev–Trinajstić information content (AvgIpc) is 2.96. The molecule has 1 aliphatic rings. The van der Waals surface area contributed by atoms with E-state index in [1.807, 2.05) is 0 Å². The summed E-state index contributed by atoms with van der Waals surface area (Å²) in [5.74, 6) is -3.26. The van der Waals surface area contributed by atoms with Crippen molar-refractivity contribution < 1.29 is 68.9 Å². The van der Waals surface area contributed by atoms with E-state index in [0.29, 0.717) is 5.56 Å². The molecule has 0 fully saturated rings. The summed E-state index contributed by atoms with van der Waals surface area (Å²) in [4.78, 5) is 9.41. The molecule has 0 radical (unpaired) electrons. The van der Waals surface area contributed by atoms with Gasteiger partial charge in [0, 0.05) is 59.1 Å². The number of aromatic hydroxyl groups is 3. The van der Waals surface area contributed by atoms with Gasteiger partial charge in [0.15, 0.2) is 6.61 Å². The van der Waals surface area contributed by atoms with Crippen LogP contribution in [0.1, 0.15) is 50.1 Å². The Morgan fingerprint density at radius 2 is 0.816 bits per heavy atom. The Balaban J connectivity index is 1.93. The van der Waals surface area contributed by atoms with E-state index in [4.69, 9.17) is 4.74 Å². The number of carboxylic acids is 1. The zero-order valence-corrected chi connectivity index (χ0v) is 27.7. The number of carbonyl (C=O) groups is 1. The highest BCUT2D eigenvalue weighted by Crippen LogP contribution is 2.40. The minimum atomic E-state index is -5.02. The van der Waals surface area contributed by atoms with Crippen LogP contribution in [0.2, 0.25) is 0 Å². The number of hydrogen-bond donors (Lipinski definition) is 7. The first-order valence-corrected chi connectivity index (χ1v) is 18.4. The molecule has 0 saturated carbocycles. The van der Waals surface area contributed by atoms with E-state index < -0.39 is 82.0 Å². The number of hydrogen-bond acceptors (Lipinski definition) is 11. The third-order valence-corrected chi connectivity index (χ3v) is 10.4. The SMILES string of the molecule is Cc1cc2c(O)c(c1)Cc1cc(S(=O)(=O)O)cc(c1O)Cc1cc(S(=O)(=O)O)cc(c1OCC(=O)O)Cc1cc(S(=O)(=O)O)cc(c1O)C2. The van der Waals surface area contributed by atoms with Crippen molar-refractivity contribution in [1.29, 1.82) is 0 Å². The highest BCUT2D eigenvalue weighted by Gasteiger charge is 2.26. The molecule has 49 heavy (non-hydrogen) atoms. The van der Waals surface area contributed by atoms with Gasteiger partial charge in [0.05, 0.1) is 14.7 Å². The molecular weight excluding hydrogens is 709 g/mol. The number of aryl methyl sites for hydroxylation is 1. The Labute approximate surface area is 279 Å². The highest BCUT2D eigenvalue weighted by atomic mass is 32.2. The van der Waals surface area contributed by atoms with Gasteiger partial charge in [0.1, 0.15) is 23.0 Å². The highest BCUT2D eigenvalue weighted by molar-refractivity contribution is 7.86. The van der Waals surface area contributed by atoms with Gasteiger partial charge in [-0.25, -0.2) is 4.79 Å². The summed E-state index contributed by atoms with van der Waals surface area (Å²) in [5.41, 5.74) is -0.317. The van der Waals surface area contributed by atoms with Gasteiger partial charge < -0.3 is 25.2 Å². The van der Waals surface area contributed by atoms with E-state index in [-0.39, 0.29) is 68.8 Å². The van der Waals surface area contributed by atoms with Crippen LogP contribution < -0.4 is 4.74 Å². The number of ether oxygens (including phenoxy) is 1. The van der Waals surface area contributed by atoms with Gasteiger partial charge >= 0.3 is 5.97 Å². The Morgan fingerprint density at radius 1 is 0.551 bits per heavy atom. The van der Waals surface area contributed by atoms with Gasteiger partial charge in [-0.3, -0.25) is 13.7 Å². The van der Waals surface area contributed by atoms with Gasteiger partial charge in [-0.1, -0.05) is 17.7 Å². The summed E-state index contributed by atoms with van der Waals surface area (Å²) in [6, 6.07) is 8.44. The van der Waals surface area contributed by atoms with Crippen LogP contribution in [0.5, 0.6) is 23.0 Å². The van der Waals surface area contributed by atoms with Crippen LogP contribution in [-0.2, 0) is 60.8 Å². The second-order valence-corrected chi connectivity index (χ2v) is 15.8. The lowest BCUT2D eigenvalue weighted by Crippen LogP contribution is -2.14. The van der Waals surface area contributed by atoms with Crippen molar-refractivity contribution >= 4 is 36.3 Å². The van der Waals surface area contributed by atoms with Crippen molar-refractivity contribution in [1.82, 2.24) is 0 Å². The Kier molecular flexibility index (Phi) is 9.17. The summed E-state index contributed by atoms with van der Waals surface area (Å²) < 4.78 is 109. The molecule has 0 saturated heterocycles. The first-order valence-electron chi connectivity index (χ1n) is 14.1. The average molecular weight is 737 g/mol. The molecule has 0 aliphatic heterocycles. The Morgan fingerprint density at radius 3 is 1.10 bits per heavy atom. The molecule has 0 amide bonds. The van der Waals surface area contributed by atoms with Crippen LogP contribution in [0, 0.1) is 6.92 Å². The smallest absolute Gasteiger partial charge is 0.341 e. The van der Waals surface area contributed by atoms with Gasteiger partial charge in [0.2, 0.25) is 0 Å². The number of rotatable bonds is 6. The van der Waals surface area contributed by atoms with E-state index in [1.165, 1.54) is 12.1 Å². The molecule has 0 aromatic heterocycles. The van der Waals surface area contributed by atoms with E-state index in [2.05, 4.69) is 0 Å². The zero-order valence-electron chi connectivity index (χ0n) is 25.3. The summed E-state index contributed by atoms with van der Waals surface area (Å²) in [6.07, 6.45) is -1.88. The molecule has 18 heteroatoms. The molecule has 4 aromatic carbocycles. The fourth-order valence-corrected chi connectivity index (χ4v) is 7.52. The zero-order chi connectivity index (χ0) is 36.2. The van der Waals surface area contributed by atoms with Gasteiger partial charge in [-0.15, -0.1) is 0 Å². The van der Waals surface area contributed by atoms with Crippen LogP contribution in [0.25, 0.3) is 0 Å². The summed E-state index contributed by atoms with van der Waals surface area (Å²) in [6.45, 7) is 0.644. The first-order chi connectivity index (χ1) is 22.6. The Bertz CT molecular complexity index is 2250. The van der Waals surface area contributed by atoms with Crippen molar-refractivity contribution in [2.75, 3.05) is 6.61 Å². The fourth-order valence-electron chi connectivity index (χ4n) is 5.77. The lowest BCUT2D eigenvalue weighted by atomic mass is 9.90. The minimum absolute atomic E-state index is 0.123. The summed E-state index contributed by atoms with van der Waals surface area (Å²) in [5, 5.41) is 43.4. The number of phenols is 3. The molecule has 0 heterocycles. The largest absolute Gasteiger partial charge is 0.507 e. The molecule has 0 unspecified atom stereocenters. The topological polar surface area (TPSA) is 270 Å². The second-order valence-electron chi connectivity index (χ2n) is 11.5. The number of carboxylic acid groups (broad SMARTS) is 1. The molecule has 260 valence electrons. The van der Waals surface area contributed by atoms with E-state index in [0.717, 1.165) is 36.4 Å². The van der Waals surface area contributed by atoms with E-state index >= 15 is 0 Å². The lowest BCUT2D eigenvalue weighted by molar-refractivity contribution is -0.139. The predicted octanol–water partition coefficient (Wildman–Crippen LogP) is 2.99. The second kappa shape index (κ2) is 12.6. The molecule has 8 bridgehead atoms. The molecule has 4 aromatic rings. The van der Waals surface area contributed by atoms with Crippen molar-refractivity contribution in [3.05, 3.63) is 98.6 Å². The van der Waals surface area contributed by atoms with Crippen LogP contribution in [0.4, 0.5) is 0 Å². The summed E-state index contributed by atoms with van der Waals surface area (Å²) in [7, 11) is -14.9. The number of phenolic OH excluding ortho intramolecular Hbond substituents is 3. The molecule has 0 spiro atoms. The number of benzene rings is 4. The predicted molar refractivity (Wildman–Crippen MR) is 169 cm³/mol. The standard InChI is InChI=1S/C31H28O15S3/c1-15-2-16-4-18-8-24(47(37,38)39)10-20(29(18)35)6-22-12-26(49(43,44)45)13-23(31(22)46-14-27(32)33)7-21-11-25(48(40,41)42)9-19(30(21)36)5-17(3-15)28(16)34/h2-3,8-13,34-36H,4-7,14H2,1H3,(H,32,33)(H,37,38,39)(H,40,41,42)(H,43,44,45). The Hall–Kier alpha value is -4.72. The van der Waals surface area contributed by atoms with Gasteiger partial charge in [-0.2, -0.15) is 25.3 Å². The molecular formula is C31H28O15S3. The maximum Gasteiger partial charge on any atom is 0.341 e. The van der Waals surface area contributed by atoms with E-state index in [9.17, 15) is 64.1 Å². The molecule has 15 nitrogen and oxygen atoms in total. The van der Waals surface area contributed by atoms with Crippen LogP contribution in [-0.4, -0.2) is 71.9 Å². The van der Waals surface area contributed by atoms with Crippen molar-refractivity contribution in [2.45, 2.75) is 47.3 Å². The number of aliphatic carboxylic acids is 1. The third kappa shape index (κ3) is 7.64. The van der Waals surface area contributed by atoms with E-state index in [1.54, 1.807) is 6.92 Å². The maximum atomic E-state index is 12.4. The van der Waals surface area contributed by atoms with Crippen molar-refractivity contribution in [2.24, 2.45) is 0 Å². The summed E-state index contributed by atoms with van der Waals surface area (Å²) >= 11 is 0. The fraction of sp³-hybridized carbons (Fsp3) is 0.194. The van der Waals surface area contributed by atoms with Crippen molar-refractivity contribution in [3.63, 3.8) is 0 Å². The molecule has 5 rings (SSSR count). The van der Waals surface area contributed by atoms with Crippen LogP contribution in [0.3, 0.4) is 0 Å². The van der Waals surface area contributed by atoms with Crippen LogP contribution in [0.15, 0.2) is 63.2 Å². The van der Waals surface area contributed by atoms with Gasteiger partial charge in [-0.05, 0) is 54.4 Å². The normalized spacial score (nSPS) is 13.6. The van der Waals surface area contributed by atoms with Crippen LogP contribution >= 0.6 is 0 Å². The monoisotopic (exact) mass is 736 g/mol. The van der Waals surface area contributed by atoms with Gasteiger partial charge in [0.25, 0.3) is 30.4 Å². The van der Waals surface area contributed by atoms with Crippen molar-refractivity contribution in [3.8, 4) is 23.0 Å². The maximum absolute atomic E-state index is 12.4. The first kappa shape index (κ1) is 35.6. The lowest BCUT2D eigenvalue weighted by Gasteiger charge is -2.20. The molecule has 0 atom stereocenters. The minimum Gasteiger partial charge on any atom is -0.507 e. The molecule has 1 aliphatic carbocycles. The third-order valence-electron chi connectivity index (χ3n) is 7.87.